The summed E-state index contributed by atoms with van der Waals surface area (Å²) in [6.45, 7) is 0. The number of halogens is 1. The van der Waals surface area contributed by atoms with E-state index in [4.69, 9.17) is 0 Å². The van der Waals surface area contributed by atoms with Crippen molar-refractivity contribution in [3.05, 3.63) is 75.3 Å². The van der Waals surface area contributed by atoms with E-state index in [1.165, 1.54) is 0 Å². The summed E-state index contributed by atoms with van der Waals surface area (Å²) >= 11 is 3.78. The number of hydrogen-bond acceptors (Lipinski definition) is 3. The number of thiophene rings is 1. The first-order valence-electron chi connectivity index (χ1n) is 7.31. The van der Waals surface area contributed by atoms with E-state index in [1.807, 2.05) is 70.6 Å². The average Bonchev–Trinajstić information content (AvgIpc) is 3.23. The SMILES string of the molecule is O=C(Nc1c(-c2cccs2)nc2ccccn12)c1ccccc1I. The fourth-order valence-corrected chi connectivity index (χ4v) is 3.87. The van der Waals surface area contributed by atoms with Crippen molar-refractivity contribution in [3.8, 4) is 10.6 Å². The van der Waals surface area contributed by atoms with Crippen LogP contribution in [0.15, 0.2) is 66.2 Å². The van der Waals surface area contributed by atoms with Gasteiger partial charge in [0.05, 0.1) is 10.4 Å². The maximum Gasteiger partial charge on any atom is 0.257 e. The lowest BCUT2D eigenvalue weighted by Gasteiger charge is -2.08. The van der Waals surface area contributed by atoms with Gasteiger partial charge in [0.2, 0.25) is 0 Å². The topological polar surface area (TPSA) is 46.4 Å². The molecule has 0 spiro atoms. The van der Waals surface area contributed by atoms with Crippen LogP contribution in [0.25, 0.3) is 16.2 Å². The van der Waals surface area contributed by atoms with Gasteiger partial charge in [0.1, 0.15) is 17.2 Å². The van der Waals surface area contributed by atoms with Gasteiger partial charge >= 0.3 is 0 Å². The van der Waals surface area contributed by atoms with E-state index in [9.17, 15) is 4.79 Å². The molecule has 0 aliphatic heterocycles. The number of fused-ring (bicyclic) bond motifs is 1. The summed E-state index contributed by atoms with van der Waals surface area (Å²) in [5, 5.41) is 5.05. The van der Waals surface area contributed by atoms with Crippen LogP contribution in [0.3, 0.4) is 0 Å². The molecule has 0 radical (unpaired) electrons. The summed E-state index contributed by atoms with van der Waals surface area (Å²) in [5.41, 5.74) is 2.25. The monoisotopic (exact) mass is 445 g/mol. The molecule has 0 saturated carbocycles. The number of nitrogens with zero attached hydrogens (tertiary/aromatic N) is 2. The standard InChI is InChI=1S/C18H12IN3OS/c19-13-7-2-1-6-12(13)18(23)21-17-16(14-8-5-11-24-14)20-15-9-3-4-10-22(15)17/h1-11H,(H,21,23). The highest BCUT2D eigenvalue weighted by molar-refractivity contribution is 14.1. The van der Waals surface area contributed by atoms with Crippen LogP contribution in [-0.4, -0.2) is 15.3 Å². The van der Waals surface area contributed by atoms with Crippen LogP contribution in [0.2, 0.25) is 0 Å². The minimum atomic E-state index is -0.136. The Bertz CT molecular complexity index is 1020. The number of benzene rings is 1. The second-order valence-corrected chi connectivity index (χ2v) is 7.26. The summed E-state index contributed by atoms with van der Waals surface area (Å²) in [4.78, 5) is 18.5. The van der Waals surface area contributed by atoms with Crippen LogP contribution in [-0.2, 0) is 0 Å². The fourth-order valence-electron chi connectivity index (χ4n) is 2.52. The van der Waals surface area contributed by atoms with Gasteiger partial charge in [-0.1, -0.05) is 24.3 Å². The molecule has 1 N–H and O–H groups in total. The third-order valence-electron chi connectivity index (χ3n) is 3.63. The number of anilines is 1. The minimum Gasteiger partial charge on any atom is -0.306 e. The minimum absolute atomic E-state index is 0.136. The van der Waals surface area contributed by atoms with E-state index < -0.39 is 0 Å². The molecule has 0 fully saturated rings. The van der Waals surface area contributed by atoms with Gasteiger partial charge < -0.3 is 5.32 Å². The number of carbonyl (C=O) groups is 1. The first-order valence-corrected chi connectivity index (χ1v) is 9.27. The van der Waals surface area contributed by atoms with Gasteiger partial charge in [-0.2, -0.15) is 0 Å². The van der Waals surface area contributed by atoms with E-state index in [2.05, 4.69) is 32.9 Å². The molecule has 4 nitrogen and oxygen atoms in total. The molecule has 118 valence electrons. The Morgan fingerprint density at radius 2 is 1.92 bits per heavy atom. The molecule has 4 rings (SSSR count). The Balaban J connectivity index is 1.82. The van der Waals surface area contributed by atoms with Gasteiger partial charge in [0.25, 0.3) is 5.91 Å². The van der Waals surface area contributed by atoms with Crippen LogP contribution >= 0.6 is 33.9 Å². The van der Waals surface area contributed by atoms with Gasteiger partial charge in [0.15, 0.2) is 0 Å². The van der Waals surface area contributed by atoms with Crippen molar-refractivity contribution in [3.63, 3.8) is 0 Å². The number of aromatic nitrogens is 2. The lowest BCUT2D eigenvalue weighted by atomic mass is 10.2. The lowest BCUT2D eigenvalue weighted by molar-refractivity contribution is 0.102. The first kappa shape index (κ1) is 15.3. The zero-order chi connectivity index (χ0) is 16.5. The number of carbonyl (C=O) groups excluding carboxylic acids is 1. The molecular weight excluding hydrogens is 433 g/mol. The molecule has 24 heavy (non-hydrogen) atoms. The number of nitrogens with one attached hydrogen (secondary N) is 1. The van der Waals surface area contributed by atoms with Gasteiger partial charge in [-0.15, -0.1) is 11.3 Å². The van der Waals surface area contributed by atoms with Crippen LogP contribution in [0.5, 0.6) is 0 Å². The molecule has 3 heterocycles. The van der Waals surface area contributed by atoms with Crippen molar-refractivity contribution in [1.29, 1.82) is 0 Å². The normalized spacial score (nSPS) is 10.9. The smallest absolute Gasteiger partial charge is 0.257 e. The molecule has 0 atom stereocenters. The van der Waals surface area contributed by atoms with Crippen LogP contribution in [0, 0.1) is 3.57 Å². The van der Waals surface area contributed by atoms with Gasteiger partial charge in [-0.25, -0.2) is 4.98 Å². The Hall–Kier alpha value is -2.19. The number of rotatable bonds is 3. The zero-order valence-electron chi connectivity index (χ0n) is 12.4. The maximum atomic E-state index is 12.7. The second kappa shape index (κ2) is 6.37. The second-order valence-electron chi connectivity index (χ2n) is 5.15. The molecule has 4 aromatic rings. The van der Waals surface area contributed by atoms with Crippen molar-refractivity contribution in [1.82, 2.24) is 9.38 Å². The van der Waals surface area contributed by atoms with Crippen molar-refractivity contribution < 1.29 is 4.79 Å². The van der Waals surface area contributed by atoms with E-state index >= 15 is 0 Å². The molecular formula is C18H12IN3OS. The Morgan fingerprint density at radius 1 is 1.08 bits per heavy atom. The number of pyridine rings is 1. The molecule has 0 saturated heterocycles. The number of amides is 1. The van der Waals surface area contributed by atoms with Crippen LogP contribution in [0.4, 0.5) is 5.82 Å². The lowest BCUT2D eigenvalue weighted by Crippen LogP contribution is -2.15. The average molecular weight is 445 g/mol. The van der Waals surface area contributed by atoms with Crippen LogP contribution < -0.4 is 5.32 Å². The van der Waals surface area contributed by atoms with Crippen molar-refractivity contribution in [2.24, 2.45) is 0 Å². The number of imidazole rings is 1. The van der Waals surface area contributed by atoms with Crippen LogP contribution in [0.1, 0.15) is 10.4 Å². The van der Waals surface area contributed by atoms with Gasteiger partial charge in [-0.3, -0.25) is 9.20 Å². The van der Waals surface area contributed by atoms with E-state index in [1.54, 1.807) is 11.3 Å². The summed E-state index contributed by atoms with van der Waals surface area (Å²) in [5.74, 6) is 0.557. The highest BCUT2D eigenvalue weighted by Gasteiger charge is 2.18. The molecule has 0 bridgehead atoms. The first-order chi connectivity index (χ1) is 11.7. The fraction of sp³-hybridized carbons (Fsp3) is 0. The van der Waals surface area contributed by atoms with Crippen molar-refractivity contribution >= 4 is 51.3 Å². The summed E-state index contributed by atoms with van der Waals surface area (Å²) in [6, 6.07) is 17.3. The van der Waals surface area contributed by atoms with Gasteiger partial charge in [-0.05, 0) is 58.3 Å². The van der Waals surface area contributed by atoms with E-state index in [-0.39, 0.29) is 5.91 Å². The molecule has 3 aromatic heterocycles. The summed E-state index contributed by atoms with van der Waals surface area (Å²) in [7, 11) is 0. The predicted octanol–water partition coefficient (Wildman–Crippen LogP) is 4.92. The Labute approximate surface area is 156 Å². The van der Waals surface area contributed by atoms with Crippen molar-refractivity contribution in [2.45, 2.75) is 0 Å². The maximum absolute atomic E-state index is 12.7. The van der Waals surface area contributed by atoms with E-state index in [0.29, 0.717) is 11.4 Å². The molecule has 6 heteroatoms. The quantitative estimate of drug-likeness (QED) is 0.455. The Kier molecular flexibility index (Phi) is 4.07. The van der Waals surface area contributed by atoms with Gasteiger partial charge in [0, 0.05) is 9.77 Å². The highest BCUT2D eigenvalue weighted by atomic mass is 127. The third kappa shape index (κ3) is 2.71. The molecule has 0 aliphatic rings. The van der Waals surface area contributed by atoms with E-state index in [0.717, 1.165) is 19.8 Å². The summed E-state index contributed by atoms with van der Waals surface area (Å²) < 4.78 is 2.82. The molecule has 1 amide bonds. The summed E-state index contributed by atoms with van der Waals surface area (Å²) in [6.07, 6.45) is 1.91. The third-order valence-corrected chi connectivity index (χ3v) is 5.45. The molecule has 0 unspecified atom stereocenters. The molecule has 0 aliphatic carbocycles. The number of hydrogen-bond donors (Lipinski definition) is 1. The molecule has 1 aromatic carbocycles. The highest BCUT2D eigenvalue weighted by Crippen LogP contribution is 2.32. The predicted molar refractivity (Wildman–Crippen MR) is 106 cm³/mol. The Morgan fingerprint density at radius 3 is 2.71 bits per heavy atom. The zero-order valence-corrected chi connectivity index (χ0v) is 15.4. The largest absolute Gasteiger partial charge is 0.306 e. The van der Waals surface area contributed by atoms with Crippen molar-refractivity contribution in [2.75, 3.05) is 5.32 Å².